The second-order valence-corrected chi connectivity index (χ2v) is 5.90. The number of Topliss-reactive ketones (excluding diaryl/α,β-unsaturated/α-hetero) is 1. The molecule has 0 aliphatic carbocycles. The lowest BCUT2D eigenvalue weighted by molar-refractivity contribution is -0.138. The lowest BCUT2D eigenvalue weighted by atomic mass is 10.0. The van der Waals surface area contributed by atoms with Crippen molar-refractivity contribution in [3.63, 3.8) is 0 Å². The van der Waals surface area contributed by atoms with E-state index in [2.05, 4.69) is 21.2 Å². The van der Waals surface area contributed by atoms with Crippen molar-refractivity contribution in [2.24, 2.45) is 0 Å². The molecule has 0 bridgehead atoms. The van der Waals surface area contributed by atoms with Crippen molar-refractivity contribution >= 4 is 33.4 Å². The van der Waals surface area contributed by atoms with E-state index >= 15 is 0 Å². The molecule has 1 atom stereocenters. The number of nitrogens with one attached hydrogen (secondary N) is 1. The SMILES string of the molecule is O=C1O[C@H](CC(=O)c2ccccc2)C(Nc2ccccc2)=C1Br. The van der Waals surface area contributed by atoms with Gasteiger partial charge in [0.25, 0.3) is 0 Å². The molecule has 1 N–H and O–H groups in total. The largest absolute Gasteiger partial charge is 0.451 e. The number of hydrogen-bond acceptors (Lipinski definition) is 4. The summed E-state index contributed by atoms with van der Waals surface area (Å²) >= 11 is 3.25. The molecule has 0 saturated carbocycles. The van der Waals surface area contributed by atoms with Crippen LogP contribution < -0.4 is 5.32 Å². The molecular formula is C18H14BrNO3. The minimum atomic E-state index is -0.621. The molecule has 0 saturated heterocycles. The van der Waals surface area contributed by atoms with Gasteiger partial charge in [-0.25, -0.2) is 4.79 Å². The van der Waals surface area contributed by atoms with Crippen LogP contribution in [0.5, 0.6) is 0 Å². The topological polar surface area (TPSA) is 55.4 Å². The molecule has 1 aliphatic heterocycles. The molecule has 4 nitrogen and oxygen atoms in total. The minimum Gasteiger partial charge on any atom is -0.451 e. The molecule has 0 spiro atoms. The maximum Gasteiger partial charge on any atom is 0.347 e. The van der Waals surface area contributed by atoms with E-state index in [1.54, 1.807) is 12.1 Å². The third-order valence-corrected chi connectivity index (χ3v) is 4.26. The minimum absolute atomic E-state index is 0.0713. The summed E-state index contributed by atoms with van der Waals surface area (Å²) in [6.07, 6.45) is -0.523. The predicted octanol–water partition coefficient (Wildman–Crippen LogP) is 3.90. The van der Waals surface area contributed by atoms with Gasteiger partial charge in [0.05, 0.1) is 12.1 Å². The summed E-state index contributed by atoms with van der Waals surface area (Å²) in [6.45, 7) is 0. The van der Waals surface area contributed by atoms with Crippen LogP contribution in [0, 0.1) is 0 Å². The van der Waals surface area contributed by atoms with Crippen molar-refractivity contribution < 1.29 is 14.3 Å². The van der Waals surface area contributed by atoms with Crippen LogP contribution in [0.4, 0.5) is 5.69 Å². The van der Waals surface area contributed by atoms with E-state index in [1.807, 2.05) is 48.5 Å². The van der Waals surface area contributed by atoms with Gasteiger partial charge >= 0.3 is 5.97 Å². The zero-order chi connectivity index (χ0) is 16.2. The lowest BCUT2D eigenvalue weighted by Gasteiger charge is -2.15. The molecule has 5 heteroatoms. The first-order chi connectivity index (χ1) is 11.1. The van der Waals surface area contributed by atoms with E-state index in [9.17, 15) is 9.59 Å². The summed E-state index contributed by atoms with van der Waals surface area (Å²) in [7, 11) is 0. The average Bonchev–Trinajstić information content (AvgIpc) is 2.84. The van der Waals surface area contributed by atoms with Gasteiger partial charge in [0, 0.05) is 11.3 Å². The molecule has 0 aromatic heterocycles. The third kappa shape index (κ3) is 3.51. The third-order valence-electron chi connectivity index (χ3n) is 3.51. The Kier molecular flexibility index (Phi) is 4.57. The van der Waals surface area contributed by atoms with Crippen molar-refractivity contribution in [1.29, 1.82) is 0 Å². The van der Waals surface area contributed by atoms with E-state index in [0.717, 1.165) is 5.69 Å². The number of carbonyl (C=O) groups is 2. The lowest BCUT2D eigenvalue weighted by Crippen LogP contribution is -2.21. The summed E-state index contributed by atoms with van der Waals surface area (Å²) in [6, 6.07) is 18.4. The van der Waals surface area contributed by atoms with E-state index in [0.29, 0.717) is 15.7 Å². The Labute approximate surface area is 142 Å². The molecule has 0 unspecified atom stereocenters. The number of esters is 1. The Morgan fingerprint density at radius 3 is 2.30 bits per heavy atom. The Hall–Kier alpha value is -2.40. The van der Waals surface area contributed by atoms with Crippen molar-refractivity contribution in [3.8, 4) is 0 Å². The molecule has 2 aromatic rings. The average molecular weight is 372 g/mol. The molecule has 3 rings (SSSR count). The normalized spacial score (nSPS) is 17.1. The number of cyclic esters (lactones) is 1. The van der Waals surface area contributed by atoms with Crippen LogP contribution >= 0.6 is 15.9 Å². The van der Waals surface area contributed by atoms with Crippen LogP contribution in [-0.4, -0.2) is 17.9 Å². The van der Waals surface area contributed by atoms with E-state index < -0.39 is 12.1 Å². The van der Waals surface area contributed by atoms with E-state index in [4.69, 9.17) is 4.74 Å². The fourth-order valence-corrected chi connectivity index (χ4v) is 2.81. The van der Waals surface area contributed by atoms with Crippen LogP contribution in [0.15, 0.2) is 70.8 Å². The molecule has 23 heavy (non-hydrogen) atoms. The smallest absolute Gasteiger partial charge is 0.347 e. The maximum atomic E-state index is 12.4. The Bertz CT molecular complexity index is 756. The molecule has 1 aliphatic rings. The molecule has 0 amide bonds. The van der Waals surface area contributed by atoms with Gasteiger partial charge in [-0.3, -0.25) is 4.79 Å². The summed E-state index contributed by atoms with van der Waals surface area (Å²) in [5.74, 6) is -0.535. The Morgan fingerprint density at radius 2 is 1.65 bits per heavy atom. The highest BCUT2D eigenvalue weighted by molar-refractivity contribution is 9.12. The number of para-hydroxylation sites is 1. The summed E-state index contributed by atoms with van der Waals surface area (Å²) < 4.78 is 5.63. The van der Waals surface area contributed by atoms with Gasteiger partial charge in [-0.05, 0) is 28.1 Å². The van der Waals surface area contributed by atoms with Crippen molar-refractivity contribution in [2.45, 2.75) is 12.5 Å². The number of anilines is 1. The first-order valence-corrected chi connectivity index (χ1v) is 7.95. The van der Waals surface area contributed by atoms with Crippen LogP contribution in [-0.2, 0) is 9.53 Å². The first-order valence-electron chi connectivity index (χ1n) is 7.16. The van der Waals surface area contributed by atoms with Crippen LogP contribution in [0.25, 0.3) is 0 Å². The number of halogens is 1. The van der Waals surface area contributed by atoms with Crippen LogP contribution in [0.1, 0.15) is 16.8 Å². The predicted molar refractivity (Wildman–Crippen MR) is 91.3 cm³/mol. The zero-order valence-corrected chi connectivity index (χ0v) is 13.7. The number of carbonyl (C=O) groups excluding carboxylic acids is 2. The van der Waals surface area contributed by atoms with Gasteiger partial charge in [-0.15, -0.1) is 0 Å². The fourth-order valence-electron chi connectivity index (χ4n) is 2.36. The number of ether oxygens (including phenoxy) is 1. The molecule has 2 aromatic carbocycles. The van der Waals surface area contributed by atoms with Crippen LogP contribution in [0.3, 0.4) is 0 Å². The van der Waals surface area contributed by atoms with Gasteiger partial charge in [0.15, 0.2) is 11.9 Å². The van der Waals surface area contributed by atoms with E-state index in [1.165, 1.54) is 0 Å². The molecule has 0 fully saturated rings. The zero-order valence-electron chi connectivity index (χ0n) is 12.2. The molecular weight excluding hydrogens is 358 g/mol. The molecule has 0 radical (unpaired) electrons. The monoisotopic (exact) mass is 371 g/mol. The van der Waals surface area contributed by atoms with Crippen molar-refractivity contribution in [2.75, 3.05) is 5.32 Å². The molecule has 1 heterocycles. The second kappa shape index (κ2) is 6.79. The fraction of sp³-hybridized carbons (Fsp3) is 0.111. The Balaban J connectivity index is 1.79. The van der Waals surface area contributed by atoms with Gasteiger partial charge in [-0.1, -0.05) is 48.5 Å². The van der Waals surface area contributed by atoms with Gasteiger partial charge in [-0.2, -0.15) is 0 Å². The highest BCUT2D eigenvalue weighted by Gasteiger charge is 2.34. The Morgan fingerprint density at radius 1 is 1.04 bits per heavy atom. The van der Waals surface area contributed by atoms with E-state index in [-0.39, 0.29) is 12.2 Å². The van der Waals surface area contributed by atoms with Gasteiger partial charge in [0.2, 0.25) is 0 Å². The van der Waals surface area contributed by atoms with Gasteiger partial charge in [0.1, 0.15) is 4.48 Å². The number of ketones is 1. The summed E-state index contributed by atoms with van der Waals surface area (Å²) in [5.41, 5.74) is 2.01. The second-order valence-electron chi connectivity index (χ2n) is 5.11. The van der Waals surface area contributed by atoms with Crippen molar-refractivity contribution in [3.05, 3.63) is 76.4 Å². The van der Waals surface area contributed by atoms with Crippen LogP contribution in [0.2, 0.25) is 0 Å². The number of rotatable bonds is 5. The molecule has 116 valence electrons. The highest BCUT2D eigenvalue weighted by Crippen LogP contribution is 2.30. The van der Waals surface area contributed by atoms with Crippen molar-refractivity contribution in [1.82, 2.24) is 0 Å². The number of benzene rings is 2. The summed E-state index contributed by atoms with van der Waals surface area (Å²) in [4.78, 5) is 24.2. The quantitative estimate of drug-likeness (QED) is 0.639. The maximum absolute atomic E-state index is 12.4. The number of hydrogen-bond donors (Lipinski definition) is 1. The summed E-state index contributed by atoms with van der Waals surface area (Å²) in [5, 5.41) is 3.16. The highest BCUT2D eigenvalue weighted by atomic mass is 79.9. The standard InChI is InChI=1S/C18H14BrNO3/c19-16-17(20-13-9-5-2-6-10-13)15(23-18(16)22)11-14(21)12-7-3-1-4-8-12/h1-10,15,20H,11H2/t15-/m1/s1. The van der Waals surface area contributed by atoms with Gasteiger partial charge < -0.3 is 10.1 Å². The first kappa shape index (κ1) is 15.5.